The highest BCUT2D eigenvalue weighted by molar-refractivity contribution is 6.30. The maximum Gasteiger partial charge on any atom is 0.167 e. The Morgan fingerprint density at radius 3 is 2.62 bits per heavy atom. The van der Waals surface area contributed by atoms with Crippen LogP contribution in [0, 0.1) is 5.82 Å². The van der Waals surface area contributed by atoms with Crippen LogP contribution >= 0.6 is 11.6 Å². The van der Waals surface area contributed by atoms with Gasteiger partial charge in [0.05, 0.1) is 10.7 Å². The predicted octanol–water partition coefficient (Wildman–Crippen LogP) is 4.95. The van der Waals surface area contributed by atoms with Gasteiger partial charge >= 0.3 is 0 Å². The molecule has 0 saturated heterocycles. The van der Waals surface area contributed by atoms with Crippen molar-refractivity contribution in [3.05, 3.63) is 65.3 Å². The number of rotatable bonds is 4. The quantitative estimate of drug-likeness (QED) is 0.730. The molecule has 0 radical (unpaired) electrons. The summed E-state index contributed by atoms with van der Waals surface area (Å²) >= 11 is 5.71. The van der Waals surface area contributed by atoms with Gasteiger partial charge in [-0.05, 0) is 48.6 Å². The topological polar surface area (TPSA) is 50.7 Å². The Bertz CT molecular complexity index is 878. The van der Waals surface area contributed by atoms with Gasteiger partial charge in [0, 0.05) is 24.2 Å². The van der Waals surface area contributed by atoms with Crippen molar-refractivity contribution in [3.63, 3.8) is 0 Å². The third-order valence-electron chi connectivity index (χ3n) is 3.95. The molecule has 3 heterocycles. The van der Waals surface area contributed by atoms with Crippen molar-refractivity contribution < 1.29 is 4.39 Å². The first-order valence-electron chi connectivity index (χ1n) is 7.69. The van der Waals surface area contributed by atoms with Gasteiger partial charge < -0.3 is 5.32 Å². The third kappa shape index (κ3) is 3.21. The average Bonchev–Trinajstić information content (AvgIpc) is 3.43. The zero-order valence-corrected chi connectivity index (χ0v) is 13.5. The first-order chi connectivity index (χ1) is 11.7. The lowest BCUT2D eigenvalue weighted by Gasteiger charge is -2.08. The Labute approximate surface area is 143 Å². The highest BCUT2D eigenvalue weighted by atomic mass is 35.5. The standard InChI is InChI=1S/C18H14ClFN4/c19-14-8-15(20)18(23-10-14)24-17-7-12(5-6-21-17)16-4-3-13(9-22-16)11-1-2-11/h3-11H,1-2H2,(H,21,23,24). The van der Waals surface area contributed by atoms with Crippen LogP contribution in [0.1, 0.15) is 24.3 Å². The fourth-order valence-corrected chi connectivity index (χ4v) is 2.66. The number of nitrogens with one attached hydrogen (secondary N) is 1. The van der Waals surface area contributed by atoms with Gasteiger partial charge in [0.2, 0.25) is 0 Å². The van der Waals surface area contributed by atoms with E-state index in [1.807, 2.05) is 24.4 Å². The molecule has 1 aliphatic carbocycles. The van der Waals surface area contributed by atoms with Crippen molar-refractivity contribution in [2.45, 2.75) is 18.8 Å². The third-order valence-corrected chi connectivity index (χ3v) is 4.15. The smallest absolute Gasteiger partial charge is 0.167 e. The number of anilines is 2. The first-order valence-corrected chi connectivity index (χ1v) is 8.07. The highest BCUT2D eigenvalue weighted by Crippen LogP contribution is 2.40. The van der Waals surface area contributed by atoms with E-state index in [9.17, 15) is 4.39 Å². The van der Waals surface area contributed by atoms with Gasteiger partial charge in [-0.15, -0.1) is 0 Å². The molecule has 1 N–H and O–H groups in total. The molecule has 24 heavy (non-hydrogen) atoms. The molecule has 120 valence electrons. The van der Waals surface area contributed by atoms with Crippen molar-refractivity contribution in [3.8, 4) is 11.3 Å². The normalized spacial score (nSPS) is 13.8. The number of nitrogens with zero attached hydrogens (tertiary/aromatic N) is 3. The van der Waals surface area contributed by atoms with Gasteiger partial charge in [-0.2, -0.15) is 0 Å². The fraction of sp³-hybridized carbons (Fsp3) is 0.167. The lowest BCUT2D eigenvalue weighted by Crippen LogP contribution is -1.99. The van der Waals surface area contributed by atoms with Crippen molar-refractivity contribution in [1.82, 2.24) is 15.0 Å². The second kappa shape index (κ2) is 6.17. The van der Waals surface area contributed by atoms with E-state index < -0.39 is 5.82 Å². The van der Waals surface area contributed by atoms with E-state index in [1.54, 1.807) is 6.20 Å². The molecule has 1 saturated carbocycles. The van der Waals surface area contributed by atoms with E-state index in [0.717, 1.165) is 11.3 Å². The molecule has 0 atom stereocenters. The molecule has 4 nitrogen and oxygen atoms in total. The molecule has 0 bridgehead atoms. The summed E-state index contributed by atoms with van der Waals surface area (Å²) in [6.07, 6.45) is 7.48. The molecular weight excluding hydrogens is 327 g/mol. The minimum atomic E-state index is -0.526. The summed E-state index contributed by atoms with van der Waals surface area (Å²) in [6.45, 7) is 0. The molecule has 1 fully saturated rings. The van der Waals surface area contributed by atoms with Gasteiger partial charge in [-0.1, -0.05) is 17.7 Å². The summed E-state index contributed by atoms with van der Waals surface area (Å²) in [6, 6.07) is 9.02. The molecule has 0 aliphatic heterocycles. The summed E-state index contributed by atoms with van der Waals surface area (Å²) in [5.41, 5.74) is 3.05. The molecular formula is C18H14ClFN4. The molecule has 4 rings (SSSR count). The van der Waals surface area contributed by atoms with Crippen LogP contribution in [0.2, 0.25) is 5.02 Å². The van der Waals surface area contributed by atoms with Crippen LogP contribution in [0.25, 0.3) is 11.3 Å². The second-order valence-corrected chi connectivity index (χ2v) is 6.23. The predicted molar refractivity (Wildman–Crippen MR) is 91.9 cm³/mol. The van der Waals surface area contributed by atoms with E-state index in [1.165, 1.54) is 30.7 Å². The summed E-state index contributed by atoms with van der Waals surface area (Å²) in [5, 5.41) is 3.12. The summed E-state index contributed by atoms with van der Waals surface area (Å²) in [7, 11) is 0. The van der Waals surface area contributed by atoms with Crippen molar-refractivity contribution in [1.29, 1.82) is 0 Å². The maximum atomic E-state index is 13.8. The van der Waals surface area contributed by atoms with Crippen molar-refractivity contribution >= 4 is 23.2 Å². The highest BCUT2D eigenvalue weighted by Gasteiger charge is 2.23. The Balaban J connectivity index is 1.58. The zero-order valence-electron chi connectivity index (χ0n) is 12.7. The molecule has 0 amide bonds. The molecule has 0 aromatic carbocycles. The van der Waals surface area contributed by atoms with Crippen LogP contribution in [0.4, 0.5) is 16.0 Å². The molecule has 0 unspecified atom stereocenters. The number of halogens is 2. The van der Waals surface area contributed by atoms with Gasteiger partial charge in [0.1, 0.15) is 5.82 Å². The van der Waals surface area contributed by atoms with Crippen LogP contribution in [0.5, 0.6) is 0 Å². The lowest BCUT2D eigenvalue weighted by molar-refractivity contribution is 0.626. The maximum absolute atomic E-state index is 13.8. The van der Waals surface area contributed by atoms with E-state index >= 15 is 0 Å². The molecule has 3 aromatic rings. The van der Waals surface area contributed by atoms with Crippen molar-refractivity contribution in [2.24, 2.45) is 0 Å². The van der Waals surface area contributed by atoms with Crippen LogP contribution in [0.3, 0.4) is 0 Å². The Kier molecular flexibility index (Phi) is 3.86. The Morgan fingerprint density at radius 1 is 1.04 bits per heavy atom. The second-order valence-electron chi connectivity index (χ2n) is 5.79. The number of pyridine rings is 3. The van der Waals surface area contributed by atoms with Crippen LogP contribution in [0.15, 0.2) is 48.9 Å². The number of hydrogen-bond acceptors (Lipinski definition) is 4. The molecule has 3 aromatic heterocycles. The molecule has 1 aliphatic rings. The Hall–Kier alpha value is -2.53. The first kappa shape index (κ1) is 15.0. The Morgan fingerprint density at radius 2 is 1.92 bits per heavy atom. The van der Waals surface area contributed by atoms with Crippen LogP contribution in [-0.2, 0) is 0 Å². The van der Waals surface area contributed by atoms with E-state index in [-0.39, 0.29) is 10.8 Å². The van der Waals surface area contributed by atoms with Crippen molar-refractivity contribution in [2.75, 3.05) is 5.32 Å². The number of aromatic nitrogens is 3. The zero-order chi connectivity index (χ0) is 16.5. The largest absolute Gasteiger partial charge is 0.322 e. The lowest BCUT2D eigenvalue weighted by atomic mass is 10.1. The number of hydrogen-bond donors (Lipinski definition) is 1. The summed E-state index contributed by atoms with van der Waals surface area (Å²) in [4.78, 5) is 12.7. The van der Waals surface area contributed by atoms with Crippen LogP contribution in [-0.4, -0.2) is 15.0 Å². The van der Waals surface area contributed by atoms with Gasteiger partial charge in [0.25, 0.3) is 0 Å². The van der Waals surface area contributed by atoms with Gasteiger partial charge in [-0.3, -0.25) is 4.98 Å². The van der Waals surface area contributed by atoms with Gasteiger partial charge in [-0.25, -0.2) is 14.4 Å². The SMILES string of the molecule is Fc1cc(Cl)cnc1Nc1cc(-c2ccc(C3CC3)cn2)ccn1. The minimum absolute atomic E-state index is 0.0843. The average molecular weight is 341 g/mol. The monoisotopic (exact) mass is 340 g/mol. The van der Waals surface area contributed by atoms with Crippen LogP contribution < -0.4 is 5.32 Å². The summed E-state index contributed by atoms with van der Waals surface area (Å²) < 4.78 is 13.8. The van der Waals surface area contributed by atoms with E-state index in [2.05, 4.69) is 26.3 Å². The molecule has 6 heteroatoms. The minimum Gasteiger partial charge on any atom is -0.322 e. The molecule has 0 spiro atoms. The summed E-state index contributed by atoms with van der Waals surface area (Å²) in [5.74, 6) is 0.733. The van der Waals surface area contributed by atoms with E-state index in [4.69, 9.17) is 11.6 Å². The fourth-order valence-electron chi connectivity index (χ4n) is 2.52. The van der Waals surface area contributed by atoms with Gasteiger partial charge in [0.15, 0.2) is 11.6 Å². The van der Waals surface area contributed by atoms with E-state index in [0.29, 0.717) is 11.7 Å².